The Morgan fingerprint density at radius 2 is 2.12 bits per heavy atom. The Labute approximate surface area is 147 Å². The van der Waals surface area contributed by atoms with Gasteiger partial charge in [0.2, 0.25) is 0 Å². The van der Waals surface area contributed by atoms with Crippen LogP contribution in [0.15, 0.2) is 46.8 Å². The Balaban J connectivity index is 2.16. The Morgan fingerprint density at radius 3 is 2.84 bits per heavy atom. The van der Waals surface area contributed by atoms with Crippen LogP contribution >= 0.6 is 0 Å². The highest BCUT2D eigenvalue weighted by molar-refractivity contribution is 6.03. The second kappa shape index (κ2) is 7.13. The van der Waals surface area contributed by atoms with E-state index in [1.54, 1.807) is 0 Å². The maximum absolute atomic E-state index is 12.7. The first-order valence-electron chi connectivity index (χ1n) is 8.62. The molecule has 0 spiro atoms. The van der Waals surface area contributed by atoms with Crippen molar-refractivity contribution in [2.24, 2.45) is 0 Å². The molecule has 25 heavy (non-hydrogen) atoms. The molecule has 1 heterocycles. The molecular formula is C20H23NO4. The van der Waals surface area contributed by atoms with Gasteiger partial charge in [0.05, 0.1) is 19.3 Å². The molecule has 0 radical (unpaired) electrons. The van der Waals surface area contributed by atoms with E-state index >= 15 is 0 Å². The summed E-state index contributed by atoms with van der Waals surface area (Å²) >= 11 is 0. The summed E-state index contributed by atoms with van der Waals surface area (Å²) in [6, 6.07) is 7.60. The molecule has 1 aromatic carbocycles. The van der Waals surface area contributed by atoms with Gasteiger partial charge in [-0.15, -0.1) is 0 Å². The summed E-state index contributed by atoms with van der Waals surface area (Å²) in [6.45, 7) is 4.34. The molecule has 5 heteroatoms. The third kappa shape index (κ3) is 3.18. The Morgan fingerprint density at radius 1 is 1.32 bits per heavy atom. The monoisotopic (exact) mass is 341 g/mol. The van der Waals surface area contributed by atoms with E-state index in [4.69, 9.17) is 9.47 Å². The number of Topliss-reactive ketones (excluding diaryl/α,β-unsaturated/α-hetero) is 1. The van der Waals surface area contributed by atoms with Crippen molar-refractivity contribution in [3.8, 4) is 5.75 Å². The van der Waals surface area contributed by atoms with Crippen molar-refractivity contribution < 1.29 is 19.1 Å². The van der Waals surface area contributed by atoms with Crippen molar-refractivity contribution in [2.45, 2.75) is 39.0 Å². The van der Waals surface area contributed by atoms with Crippen LogP contribution in [0.3, 0.4) is 0 Å². The first kappa shape index (κ1) is 17.3. The molecule has 0 unspecified atom stereocenters. The van der Waals surface area contributed by atoms with Crippen molar-refractivity contribution in [3.63, 3.8) is 0 Å². The van der Waals surface area contributed by atoms with E-state index in [2.05, 4.69) is 5.32 Å². The summed E-state index contributed by atoms with van der Waals surface area (Å²) in [5, 5.41) is 3.26. The zero-order valence-corrected chi connectivity index (χ0v) is 14.8. The minimum atomic E-state index is -0.420. The number of ketones is 1. The van der Waals surface area contributed by atoms with Crippen molar-refractivity contribution in [1.29, 1.82) is 0 Å². The third-order valence-electron chi connectivity index (χ3n) is 4.68. The first-order valence-corrected chi connectivity index (χ1v) is 8.62. The van der Waals surface area contributed by atoms with Crippen LogP contribution in [0.1, 0.15) is 44.6 Å². The molecular weight excluding hydrogens is 318 g/mol. The fourth-order valence-corrected chi connectivity index (χ4v) is 3.65. The van der Waals surface area contributed by atoms with Gasteiger partial charge in [-0.05, 0) is 44.4 Å². The average molecular weight is 341 g/mol. The van der Waals surface area contributed by atoms with Crippen molar-refractivity contribution in [3.05, 3.63) is 52.4 Å². The van der Waals surface area contributed by atoms with Crippen molar-refractivity contribution in [2.75, 3.05) is 13.7 Å². The minimum absolute atomic E-state index is 0.0921. The molecule has 1 N–H and O–H groups in total. The van der Waals surface area contributed by atoms with E-state index in [0.717, 1.165) is 35.5 Å². The van der Waals surface area contributed by atoms with Crippen LogP contribution in [-0.4, -0.2) is 25.5 Å². The number of dihydropyridines is 1. The number of methoxy groups -OCH3 is 1. The van der Waals surface area contributed by atoms with E-state index < -0.39 is 11.9 Å². The molecule has 0 saturated heterocycles. The molecule has 3 rings (SSSR count). The lowest BCUT2D eigenvalue weighted by atomic mass is 9.75. The fourth-order valence-electron chi connectivity index (χ4n) is 3.65. The lowest BCUT2D eigenvalue weighted by Crippen LogP contribution is -2.34. The molecule has 1 atom stereocenters. The van der Waals surface area contributed by atoms with Gasteiger partial charge < -0.3 is 14.8 Å². The lowest BCUT2D eigenvalue weighted by molar-refractivity contribution is -0.136. The first-order chi connectivity index (χ1) is 12.1. The third-order valence-corrected chi connectivity index (χ3v) is 4.68. The van der Waals surface area contributed by atoms with Crippen LogP contribution in [0.2, 0.25) is 0 Å². The van der Waals surface area contributed by atoms with Gasteiger partial charge in [-0.1, -0.05) is 12.1 Å². The van der Waals surface area contributed by atoms with E-state index in [0.29, 0.717) is 24.2 Å². The van der Waals surface area contributed by atoms with Crippen LogP contribution in [0.4, 0.5) is 0 Å². The lowest BCUT2D eigenvalue weighted by Gasteiger charge is -2.34. The molecule has 1 aromatic rings. The van der Waals surface area contributed by atoms with Crippen LogP contribution in [-0.2, 0) is 14.3 Å². The van der Waals surface area contributed by atoms with Crippen LogP contribution in [0.25, 0.3) is 0 Å². The van der Waals surface area contributed by atoms with Crippen molar-refractivity contribution in [1.82, 2.24) is 5.32 Å². The van der Waals surface area contributed by atoms with Gasteiger partial charge in [0.25, 0.3) is 0 Å². The van der Waals surface area contributed by atoms with Crippen LogP contribution in [0.5, 0.6) is 5.75 Å². The van der Waals surface area contributed by atoms with Gasteiger partial charge in [0.1, 0.15) is 5.75 Å². The molecule has 1 aliphatic carbocycles. The van der Waals surface area contributed by atoms with E-state index in [1.165, 1.54) is 7.11 Å². The number of esters is 1. The second-order valence-electron chi connectivity index (χ2n) is 6.26. The number of allylic oxidation sites excluding steroid dienone is 3. The Kier molecular flexibility index (Phi) is 4.93. The molecule has 132 valence electrons. The SMILES string of the molecule is CCOc1cccc([C@@H]2C(C(=O)OC)=C(C)NC3=C2C(=O)CCC3)c1. The summed E-state index contributed by atoms with van der Waals surface area (Å²) < 4.78 is 10.6. The smallest absolute Gasteiger partial charge is 0.336 e. The summed E-state index contributed by atoms with van der Waals surface area (Å²) in [5.41, 5.74) is 3.71. The molecule has 0 aromatic heterocycles. The zero-order chi connectivity index (χ0) is 18.0. The molecule has 2 aliphatic rings. The molecule has 0 saturated carbocycles. The van der Waals surface area contributed by atoms with Crippen molar-refractivity contribution >= 4 is 11.8 Å². The van der Waals surface area contributed by atoms with Gasteiger partial charge in [0.15, 0.2) is 5.78 Å². The van der Waals surface area contributed by atoms with Crippen LogP contribution < -0.4 is 10.1 Å². The van der Waals surface area contributed by atoms with Gasteiger partial charge in [0, 0.05) is 29.3 Å². The second-order valence-corrected chi connectivity index (χ2v) is 6.26. The number of hydrogen-bond donors (Lipinski definition) is 1. The molecule has 0 bridgehead atoms. The highest BCUT2D eigenvalue weighted by atomic mass is 16.5. The molecule has 0 amide bonds. The summed E-state index contributed by atoms with van der Waals surface area (Å²) in [4.78, 5) is 25.1. The van der Waals surface area contributed by atoms with Gasteiger partial charge in [-0.3, -0.25) is 4.79 Å². The maximum Gasteiger partial charge on any atom is 0.336 e. The number of carbonyl (C=O) groups is 2. The standard InChI is InChI=1S/C20H23NO4/c1-4-25-14-8-5-7-13(11-14)18-17(20(23)24-3)12(2)21-15-9-6-10-16(22)19(15)18/h5,7-8,11,18,21H,4,6,9-10H2,1-3H3/t18-/m1/s1. The van der Waals surface area contributed by atoms with E-state index in [1.807, 2.05) is 38.1 Å². The zero-order valence-electron chi connectivity index (χ0n) is 14.8. The number of ether oxygens (including phenoxy) is 2. The normalized spacial score (nSPS) is 20.1. The minimum Gasteiger partial charge on any atom is -0.494 e. The molecule has 0 fully saturated rings. The topological polar surface area (TPSA) is 64.6 Å². The number of carbonyl (C=O) groups excluding carboxylic acids is 2. The quantitative estimate of drug-likeness (QED) is 0.852. The van der Waals surface area contributed by atoms with E-state index in [-0.39, 0.29) is 5.78 Å². The number of rotatable bonds is 4. The average Bonchev–Trinajstić information content (AvgIpc) is 2.60. The predicted molar refractivity (Wildman–Crippen MR) is 94.1 cm³/mol. The largest absolute Gasteiger partial charge is 0.494 e. The number of hydrogen-bond acceptors (Lipinski definition) is 5. The molecule has 1 aliphatic heterocycles. The summed E-state index contributed by atoms with van der Waals surface area (Å²) in [7, 11) is 1.36. The number of benzene rings is 1. The van der Waals surface area contributed by atoms with Gasteiger partial charge >= 0.3 is 5.97 Å². The Hall–Kier alpha value is -2.56. The summed E-state index contributed by atoms with van der Waals surface area (Å²) in [6.07, 6.45) is 2.15. The molecule has 5 nitrogen and oxygen atoms in total. The van der Waals surface area contributed by atoms with Crippen LogP contribution in [0, 0.1) is 0 Å². The maximum atomic E-state index is 12.7. The summed E-state index contributed by atoms with van der Waals surface area (Å²) in [5.74, 6) is -0.0149. The predicted octanol–water partition coefficient (Wildman–Crippen LogP) is 3.23. The number of nitrogens with one attached hydrogen (secondary N) is 1. The Bertz CT molecular complexity index is 776. The highest BCUT2D eigenvalue weighted by Gasteiger charge is 2.38. The highest BCUT2D eigenvalue weighted by Crippen LogP contribution is 2.43. The van der Waals surface area contributed by atoms with E-state index in [9.17, 15) is 9.59 Å². The van der Waals surface area contributed by atoms with Gasteiger partial charge in [-0.2, -0.15) is 0 Å². The van der Waals surface area contributed by atoms with Gasteiger partial charge in [-0.25, -0.2) is 4.79 Å². The fraction of sp³-hybridized carbons (Fsp3) is 0.400.